The molecule has 1 heterocycles. The molecule has 6 nitrogen and oxygen atoms in total. The minimum absolute atomic E-state index is 0.0538. The standard InChI is InChI=1S/C15H20N2O4/c1-2-13(18)16-9-7-11(8-9)17(10-3-4-10)15(20)12-5-6-14(19)21-12/h2,9-12H,1,3-8H2,(H,16,18)/t9?,11?,12-/m0/s1. The first-order valence-electron chi connectivity index (χ1n) is 7.53. The zero-order chi connectivity index (χ0) is 15.0. The van der Waals surface area contributed by atoms with Gasteiger partial charge in [0.15, 0.2) is 6.10 Å². The van der Waals surface area contributed by atoms with Gasteiger partial charge in [0, 0.05) is 31.0 Å². The molecule has 1 N–H and O–H groups in total. The molecule has 3 fully saturated rings. The van der Waals surface area contributed by atoms with Gasteiger partial charge in [-0.05, 0) is 31.8 Å². The van der Waals surface area contributed by atoms with Crippen LogP contribution in [0.3, 0.4) is 0 Å². The Morgan fingerprint density at radius 3 is 2.48 bits per heavy atom. The smallest absolute Gasteiger partial charge is 0.306 e. The highest BCUT2D eigenvalue weighted by molar-refractivity contribution is 5.88. The normalized spacial score (nSPS) is 31.0. The number of rotatable bonds is 5. The zero-order valence-corrected chi connectivity index (χ0v) is 11.9. The Balaban J connectivity index is 1.56. The molecule has 1 saturated heterocycles. The second kappa shape index (κ2) is 5.50. The van der Waals surface area contributed by atoms with Gasteiger partial charge in [-0.1, -0.05) is 6.58 Å². The Labute approximate surface area is 123 Å². The van der Waals surface area contributed by atoms with Crippen LogP contribution in [0.25, 0.3) is 0 Å². The van der Waals surface area contributed by atoms with E-state index in [-0.39, 0.29) is 35.9 Å². The Hall–Kier alpha value is -1.85. The maximum atomic E-state index is 12.5. The van der Waals surface area contributed by atoms with Gasteiger partial charge in [-0.15, -0.1) is 0 Å². The maximum absolute atomic E-state index is 12.5. The fourth-order valence-electron chi connectivity index (χ4n) is 3.07. The van der Waals surface area contributed by atoms with Crippen LogP contribution in [-0.2, 0) is 19.1 Å². The number of nitrogens with zero attached hydrogens (tertiary/aromatic N) is 1. The van der Waals surface area contributed by atoms with Crippen molar-refractivity contribution in [1.29, 1.82) is 0 Å². The SMILES string of the molecule is C=CC(=O)NC1CC(N(C(=O)[C@@H]2CCC(=O)O2)C2CC2)C1. The van der Waals surface area contributed by atoms with Crippen molar-refractivity contribution in [2.24, 2.45) is 0 Å². The molecule has 0 radical (unpaired) electrons. The lowest BCUT2D eigenvalue weighted by Gasteiger charge is -2.43. The van der Waals surface area contributed by atoms with E-state index in [4.69, 9.17) is 4.74 Å². The molecule has 3 rings (SSSR count). The molecule has 2 aliphatic carbocycles. The molecule has 2 amide bonds. The van der Waals surface area contributed by atoms with Crippen LogP contribution in [0.4, 0.5) is 0 Å². The predicted octanol–water partition coefficient (Wildman–Crippen LogP) is 0.516. The molecule has 1 aliphatic heterocycles. The second-order valence-corrected chi connectivity index (χ2v) is 6.03. The molecule has 0 bridgehead atoms. The third kappa shape index (κ3) is 2.94. The number of nitrogens with one attached hydrogen (secondary N) is 1. The van der Waals surface area contributed by atoms with Crippen molar-refractivity contribution in [3.63, 3.8) is 0 Å². The summed E-state index contributed by atoms with van der Waals surface area (Å²) in [5, 5.41) is 2.85. The predicted molar refractivity (Wildman–Crippen MR) is 74.1 cm³/mol. The summed E-state index contributed by atoms with van der Waals surface area (Å²) in [6.07, 6.45) is 5.06. The van der Waals surface area contributed by atoms with E-state index in [9.17, 15) is 14.4 Å². The van der Waals surface area contributed by atoms with Crippen LogP contribution in [0.15, 0.2) is 12.7 Å². The molecule has 0 unspecified atom stereocenters. The summed E-state index contributed by atoms with van der Waals surface area (Å²) in [6.45, 7) is 3.43. The fourth-order valence-corrected chi connectivity index (χ4v) is 3.07. The topological polar surface area (TPSA) is 75.7 Å². The summed E-state index contributed by atoms with van der Waals surface area (Å²) < 4.78 is 5.10. The number of ether oxygens (including phenoxy) is 1. The number of esters is 1. The third-order valence-electron chi connectivity index (χ3n) is 4.39. The van der Waals surface area contributed by atoms with Gasteiger partial charge >= 0.3 is 5.97 Å². The molecule has 2 saturated carbocycles. The van der Waals surface area contributed by atoms with Crippen LogP contribution in [0, 0.1) is 0 Å². The van der Waals surface area contributed by atoms with E-state index in [2.05, 4.69) is 11.9 Å². The molecule has 0 spiro atoms. The molecule has 1 atom stereocenters. The summed E-state index contributed by atoms with van der Waals surface area (Å²) in [7, 11) is 0. The largest absolute Gasteiger partial charge is 0.452 e. The monoisotopic (exact) mass is 292 g/mol. The number of amides is 2. The van der Waals surface area contributed by atoms with Crippen LogP contribution in [0.1, 0.15) is 38.5 Å². The van der Waals surface area contributed by atoms with Gasteiger partial charge in [-0.25, -0.2) is 0 Å². The Kier molecular flexibility index (Phi) is 3.69. The third-order valence-corrected chi connectivity index (χ3v) is 4.39. The molecule has 3 aliphatic rings. The molecule has 114 valence electrons. The van der Waals surface area contributed by atoms with Crippen LogP contribution >= 0.6 is 0 Å². The van der Waals surface area contributed by atoms with Gasteiger partial charge in [-0.3, -0.25) is 14.4 Å². The summed E-state index contributed by atoms with van der Waals surface area (Å²) in [5.74, 6) is -0.511. The van der Waals surface area contributed by atoms with Crippen molar-refractivity contribution < 1.29 is 19.1 Å². The number of hydrogen-bond acceptors (Lipinski definition) is 4. The number of hydrogen-bond donors (Lipinski definition) is 1. The first kappa shape index (κ1) is 14.1. The average molecular weight is 292 g/mol. The molecule has 6 heteroatoms. The Bertz CT molecular complexity index is 480. The highest BCUT2D eigenvalue weighted by Gasteiger charge is 2.46. The molecule has 21 heavy (non-hydrogen) atoms. The summed E-state index contributed by atoms with van der Waals surface area (Å²) in [4.78, 5) is 36.9. The summed E-state index contributed by atoms with van der Waals surface area (Å²) >= 11 is 0. The number of cyclic esters (lactones) is 1. The molecular weight excluding hydrogens is 272 g/mol. The Morgan fingerprint density at radius 2 is 1.95 bits per heavy atom. The fraction of sp³-hybridized carbons (Fsp3) is 0.667. The van der Waals surface area contributed by atoms with Crippen LogP contribution in [0.2, 0.25) is 0 Å². The lowest BCUT2D eigenvalue weighted by molar-refractivity contribution is -0.156. The van der Waals surface area contributed by atoms with Crippen molar-refractivity contribution in [2.45, 2.75) is 62.8 Å². The van der Waals surface area contributed by atoms with Gasteiger partial charge in [-0.2, -0.15) is 0 Å². The van der Waals surface area contributed by atoms with Crippen molar-refractivity contribution in [3.05, 3.63) is 12.7 Å². The van der Waals surface area contributed by atoms with Crippen LogP contribution < -0.4 is 5.32 Å². The van der Waals surface area contributed by atoms with E-state index < -0.39 is 6.10 Å². The van der Waals surface area contributed by atoms with Gasteiger partial charge in [0.1, 0.15) is 0 Å². The van der Waals surface area contributed by atoms with Gasteiger partial charge in [0.2, 0.25) is 5.91 Å². The van der Waals surface area contributed by atoms with E-state index in [1.165, 1.54) is 6.08 Å². The second-order valence-electron chi connectivity index (χ2n) is 6.03. The van der Waals surface area contributed by atoms with Crippen LogP contribution in [-0.4, -0.2) is 46.9 Å². The molecule has 0 aromatic carbocycles. The van der Waals surface area contributed by atoms with Gasteiger partial charge < -0.3 is 15.0 Å². The van der Waals surface area contributed by atoms with Gasteiger partial charge in [0.05, 0.1) is 0 Å². The summed E-state index contributed by atoms with van der Waals surface area (Å²) in [5.41, 5.74) is 0. The summed E-state index contributed by atoms with van der Waals surface area (Å²) in [6, 6.07) is 0.554. The Morgan fingerprint density at radius 1 is 1.24 bits per heavy atom. The first-order chi connectivity index (χ1) is 10.1. The van der Waals surface area contributed by atoms with Crippen molar-refractivity contribution in [3.8, 4) is 0 Å². The van der Waals surface area contributed by atoms with Crippen molar-refractivity contribution >= 4 is 17.8 Å². The van der Waals surface area contributed by atoms with E-state index >= 15 is 0 Å². The van der Waals surface area contributed by atoms with Crippen molar-refractivity contribution in [2.75, 3.05) is 0 Å². The minimum atomic E-state index is -0.597. The highest BCUT2D eigenvalue weighted by Crippen LogP contribution is 2.37. The van der Waals surface area contributed by atoms with Crippen molar-refractivity contribution in [1.82, 2.24) is 10.2 Å². The quantitative estimate of drug-likeness (QED) is 0.592. The zero-order valence-electron chi connectivity index (χ0n) is 11.9. The lowest BCUT2D eigenvalue weighted by Crippen LogP contribution is -2.57. The number of carbonyl (C=O) groups is 3. The van der Waals surface area contributed by atoms with E-state index in [0.717, 1.165) is 25.7 Å². The van der Waals surface area contributed by atoms with E-state index in [0.29, 0.717) is 12.8 Å². The van der Waals surface area contributed by atoms with E-state index in [1.807, 2.05) is 4.90 Å². The molecule has 0 aromatic heterocycles. The number of carbonyl (C=O) groups excluding carboxylic acids is 3. The lowest BCUT2D eigenvalue weighted by atomic mass is 9.84. The molecule has 0 aromatic rings. The minimum Gasteiger partial charge on any atom is -0.452 e. The average Bonchev–Trinajstić information content (AvgIpc) is 3.16. The molecular formula is C15H20N2O4. The first-order valence-corrected chi connectivity index (χ1v) is 7.53. The van der Waals surface area contributed by atoms with Gasteiger partial charge in [0.25, 0.3) is 5.91 Å². The van der Waals surface area contributed by atoms with Crippen LogP contribution in [0.5, 0.6) is 0 Å². The maximum Gasteiger partial charge on any atom is 0.306 e. The highest BCUT2D eigenvalue weighted by atomic mass is 16.6. The van der Waals surface area contributed by atoms with E-state index in [1.54, 1.807) is 0 Å².